The van der Waals surface area contributed by atoms with Gasteiger partial charge in [-0.25, -0.2) is 0 Å². The number of hydrogen-bond acceptors (Lipinski definition) is 3. The molecule has 0 saturated carbocycles. The third-order valence-electron chi connectivity index (χ3n) is 2.34. The number of benzene rings is 1. The maximum Gasteiger partial charge on any atom is 0.251 e. The number of carbonyl (C=O) groups excluding carboxylic acids is 2. The van der Waals surface area contributed by atoms with E-state index in [2.05, 4.69) is 10.6 Å². The van der Waals surface area contributed by atoms with Crippen LogP contribution in [0.3, 0.4) is 0 Å². The van der Waals surface area contributed by atoms with Gasteiger partial charge in [-0.05, 0) is 30.7 Å². The van der Waals surface area contributed by atoms with Crippen LogP contribution in [-0.4, -0.2) is 24.9 Å². The fourth-order valence-corrected chi connectivity index (χ4v) is 1.40. The summed E-state index contributed by atoms with van der Waals surface area (Å²) in [6.45, 7) is 2.98. The van der Waals surface area contributed by atoms with Crippen molar-refractivity contribution in [1.82, 2.24) is 5.32 Å². The van der Waals surface area contributed by atoms with E-state index in [9.17, 15) is 9.59 Å². The Hall–Kier alpha value is -1.59. The molecule has 106 valence electrons. The molecule has 0 unspecified atom stereocenters. The molecule has 5 nitrogen and oxygen atoms in total. The van der Waals surface area contributed by atoms with Crippen molar-refractivity contribution in [1.29, 1.82) is 0 Å². The lowest BCUT2D eigenvalue weighted by molar-refractivity contribution is -0.116. The molecule has 0 fully saturated rings. The van der Waals surface area contributed by atoms with Gasteiger partial charge in [-0.1, -0.05) is 6.92 Å². The molecule has 6 heteroatoms. The molecule has 0 radical (unpaired) electrons. The van der Waals surface area contributed by atoms with Gasteiger partial charge in [0.15, 0.2) is 0 Å². The van der Waals surface area contributed by atoms with Gasteiger partial charge in [-0.3, -0.25) is 9.59 Å². The SMILES string of the molecule is CCCNC(=O)c1ccc(NC(=O)CCN)cc1.Cl. The minimum absolute atomic E-state index is 0. The molecule has 0 aromatic heterocycles. The van der Waals surface area contributed by atoms with Gasteiger partial charge in [0.1, 0.15) is 0 Å². The number of carbonyl (C=O) groups is 2. The molecule has 0 saturated heterocycles. The molecule has 0 heterocycles. The second-order valence-electron chi connectivity index (χ2n) is 3.92. The molecule has 1 aromatic rings. The van der Waals surface area contributed by atoms with E-state index >= 15 is 0 Å². The third kappa shape index (κ3) is 6.22. The van der Waals surface area contributed by atoms with Gasteiger partial charge in [-0.15, -0.1) is 12.4 Å². The van der Waals surface area contributed by atoms with E-state index in [1.807, 2.05) is 6.92 Å². The first kappa shape index (κ1) is 17.4. The Morgan fingerprint density at radius 3 is 2.37 bits per heavy atom. The highest BCUT2D eigenvalue weighted by Gasteiger charge is 2.05. The first-order chi connectivity index (χ1) is 8.67. The molecule has 0 aliphatic carbocycles. The van der Waals surface area contributed by atoms with Crippen LogP contribution in [0.2, 0.25) is 0 Å². The highest BCUT2D eigenvalue weighted by Crippen LogP contribution is 2.09. The number of nitrogens with one attached hydrogen (secondary N) is 2. The molecule has 19 heavy (non-hydrogen) atoms. The lowest BCUT2D eigenvalue weighted by Gasteiger charge is -2.06. The van der Waals surface area contributed by atoms with E-state index in [-0.39, 0.29) is 24.2 Å². The smallest absolute Gasteiger partial charge is 0.251 e. The van der Waals surface area contributed by atoms with Crippen molar-refractivity contribution in [2.45, 2.75) is 19.8 Å². The largest absolute Gasteiger partial charge is 0.352 e. The second kappa shape index (κ2) is 9.35. The summed E-state index contributed by atoms with van der Waals surface area (Å²) in [6, 6.07) is 6.77. The van der Waals surface area contributed by atoms with E-state index in [0.717, 1.165) is 6.42 Å². The molecule has 0 aliphatic heterocycles. The molecule has 2 amide bonds. The van der Waals surface area contributed by atoms with Gasteiger partial charge < -0.3 is 16.4 Å². The average molecular weight is 286 g/mol. The average Bonchev–Trinajstić information content (AvgIpc) is 2.37. The molecule has 0 atom stereocenters. The molecule has 1 rings (SSSR count). The van der Waals surface area contributed by atoms with Crippen molar-refractivity contribution in [3.8, 4) is 0 Å². The lowest BCUT2D eigenvalue weighted by atomic mass is 10.2. The van der Waals surface area contributed by atoms with Crippen LogP contribution in [0, 0.1) is 0 Å². The molecule has 4 N–H and O–H groups in total. The van der Waals surface area contributed by atoms with Crippen molar-refractivity contribution in [3.63, 3.8) is 0 Å². The van der Waals surface area contributed by atoms with Crippen molar-refractivity contribution in [2.75, 3.05) is 18.4 Å². The highest BCUT2D eigenvalue weighted by molar-refractivity contribution is 5.95. The van der Waals surface area contributed by atoms with Crippen LogP contribution in [-0.2, 0) is 4.79 Å². The summed E-state index contributed by atoms with van der Waals surface area (Å²) in [5.74, 6) is -0.225. The van der Waals surface area contributed by atoms with Gasteiger partial charge >= 0.3 is 0 Å². The minimum Gasteiger partial charge on any atom is -0.352 e. The number of nitrogens with two attached hydrogens (primary N) is 1. The summed E-state index contributed by atoms with van der Waals surface area (Å²) in [7, 11) is 0. The maximum atomic E-state index is 11.6. The maximum absolute atomic E-state index is 11.6. The number of halogens is 1. The summed E-state index contributed by atoms with van der Waals surface area (Å²) in [5.41, 5.74) is 6.53. The first-order valence-corrected chi connectivity index (χ1v) is 6.05. The van der Waals surface area contributed by atoms with Gasteiger partial charge in [0, 0.05) is 30.8 Å². The van der Waals surface area contributed by atoms with Gasteiger partial charge in [-0.2, -0.15) is 0 Å². The van der Waals surface area contributed by atoms with Gasteiger partial charge in [0.05, 0.1) is 0 Å². The zero-order valence-corrected chi connectivity index (χ0v) is 11.8. The van der Waals surface area contributed by atoms with Gasteiger partial charge in [0.2, 0.25) is 5.91 Å². The van der Waals surface area contributed by atoms with Crippen LogP contribution in [0.4, 0.5) is 5.69 Å². The van der Waals surface area contributed by atoms with Crippen molar-refractivity contribution in [2.24, 2.45) is 5.73 Å². The lowest BCUT2D eigenvalue weighted by Crippen LogP contribution is -2.23. The summed E-state index contributed by atoms with van der Waals surface area (Å²) in [5, 5.41) is 5.49. The van der Waals surface area contributed by atoms with Crippen LogP contribution in [0.15, 0.2) is 24.3 Å². The topological polar surface area (TPSA) is 84.2 Å². The quantitative estimate of drug-likeness (QED) is 0.741. The Morgan fingerprint density at radius 1 is 1.21 bits per heavy atom. The fourth-order valence-electron chi connectivity index (χ4n) is 1.40. The van der Waals surface area contributed by atoms with E-state index in [1.54, 1.807) is 24.3 Å². The van der Waals surface area contributed by atoms with Crippen LogP contribution in [0.1, 0.15) is 30.1 Å². The number of hydrogen-bond donors (Lipinski definition) is 3. The Kier molecular flexibility index (Phi) is 8.57. The number of rotatable bonds is 6. The number of amides is 2. The molecule has 1 aromatic carbocycles. The zero-order chi connectivity index (χ0) is 13.4. The summed E-state index contributed by atoms with van der Waals surface area (Å²) >= 11 is 0. The van der Waals surface area contributed by atoms with Crippen molar-refractivity contribution >= 4 is 29.9 Å². The Labute approximate surface area is 119 Å². The predicted molar refractivity (Wildman–Crippen MR) is 78.6 cm³/mol. The van der Waals surface area contributed by atoms with Gasteiger partial charge in [0.25, 0.3) is 5.91 Å². The number of anilines is 1. The van der Waals surface area contributed by atoms with Crippen LogP contribution in [0.5, 0.6) is 0 Å². The van der Waals surface area contributed by atoms with E-state index < -0.39 is 0 Å². The van der Waals surface area contributed by atoms with E-state index in [0.29, 0.717) is 30.8 Å². The van der Waals surface area contributed by atoms with E-state index in [1.165, 1.54) is 0 Å². The Bertz CT molecular complexity index is 407. The minimum atomic E-state index is -0.124. The summed E-state index contributed by atoms with van der Waals surface area (Å²) in [6.07, 6.45) is 1.19. The third-order valence-corrected chi connectivity index (χ3v) is 2.34. The molecule has 0 aliphatic rings. The zero-order valence-electron chi connectivity index (χ0n) is 10.9. The normalized spacial score (nSPS) is 9.37. The molecular weight excluding hydrogens is 266 g/mol. The molecule has 0 bridgehead atoms. The van der Waals surface area contributed by atoms with Crippen molar-refractivity contribution in [3.05, 3.63) is 29.8 Å². The first-order valence-electron chi connectivity index (χ1n) is 6.05. The predicted octanol–water partition coefficient (Wildman–Crippen LogP) is 1.54. The molecule has 0 spiro atoms. The van der Waals surface area contributed by atoms with Crippen molar-refractivity contribution < 1.29 is 9.59 Å². The summed E-state index contributed by atoms with van der Waals surface area (Å²) < 4.78 is 0. The Morgan fingerprint density at radius 2 is 1.84 bits per heavy atom. The monoisotopic (exact) mass is 285 g/mol. The Balaban J connectivity index is 0.00000324. The van der Waals surface area contributed by atoms with Crippen LogP contribution < -0.4 is 16.4 Å². The summed E-state index contributed by atoms with van der Waals surface area (Å²) in [4.78, 5) is 22.9. The fraction of sp³-hybridized carbons (Fsp3) is 0.385. The van der Waals surface area contributed by atoms with Crippen LogP contribution in [0.25, 0.3) is 0 Å². The van der Waals surface area contributed by atoms with E-state index in [4.69, 9.17) is 5.73 Å². The highest BCUT2D eigenvalue weighted by atomic mass is 35.5. The second-order valence-corrected chi connectivity index (χ2v) is 3.92. The van der Waals surface area contributed by atoms with Crippen LogP contribution >= 0.6 is 12.4 Å². The standard InChI is InChI=1S/C13H19N3O2.ClH/c1-2-9-15-13(18)10-3-5-11(6-4-10)16-12(17)7-8-14;/h3-6H,2,7-9,14H2,1H3,(H,15,18)(H,16,17);1H. The molecular formula is C13H20ClN3O2.